The molecule has 1 aromatic carbocycles. The highest BCUT2D eigenvalue weighted by Crippen LogP contribution is 2.15. The third-order valence-electron chi connectivity index (χ3n) is 1.89. The summed E-state index contributed by atoms with van der Waals surface area (Å²) in [7, 11) is 0. The van der Waals surface area contributed by atoms with Crippen LogP contribution in [0.5, 0.6) is 0 Å². The van der Waals surface area contributed by atoms with E-state index in [9.17, 15) is 4.39 Å². The summed E-state index contributed by atoms with van der Waals surface area (Å²) in [6.45, 7) is 5.08. The Morgan fingerprint density at radius 3 is 2.87 bits per heavy atom. The Morgan fingerprint density at radius 2 is 2.40 bits per heavy atom. The average Bonchev–Trinajstić information content (AvgIpc) is 2.25. The van der Waals surface area contributed by atoms with E-state index in [-0.39, 0.29) is 5.56 Å². The van der Waals surface area contributed by atoms with Crippen molar-refractivity contribution >= 4 is 12.4 Å². The summed E-state index contributed by atoms with van der Waals surface area (Å²) in [6, 6.07) is 6.12. The van der Waals surface area contributed by atoms with E-state index in [0.717, 1.165) is 0 Å². The molecule has 1 rings (SSSR count). The maximum Gasteiger partial charge on any atom is 0.141 e. The number of halogens is 1. The quantitative estimate of drug-likeness (QED) is 0.605. The van der Waals surface area contributed by atoms with Gasteiger partial charge < -0.3 is 0 Å². The molecule has 0 atom stereocenters. The Bertz CT molecular complexity index is 444. The number of hydrogen-bond donors (Lipinski definition) is 1. The minimum absolute atomic E-state index is 0.0285. The zero-order chi connectivity index (χ0) is 11.3. The Labute approximate surface area is 87.5 Å². The maximum absolute atomic E-state index is 13.3. The number of nitrogens with one attached hydrogen (secondary N) is 1. The van der Waals surface area contributed by atoms with Crippen LogP contribution in [-0.4, -0.2) is 6.72 Å². The van der Waals surface area contributed by atoms with Gasteiger partial charge in [0.1, 0.15) is 11.9 Å². The molecule has 1 N–H and O–H groups in total. The van der Waals surface area contributed by atoms with Crippen LogP contribution >= 0.6 is 0 Å². The maximum atomic E-state index is 13.3. The molecule has 0 spiro atoms. The molecule has 0 amide bonds. The smallest absolute Gasteiger partial charge is 0.141 e. The predicted octanol–water partition coefficient (Wildman–Crippen LogP) is 2.26. The number of hydrogen-bond acceptors (Lipinski definition) is 3. The highest BCUT2D eigenvalue weighted by molar-refractivity contribution is 5.64. The van der Waals surface area contributed by atoms with Gasteiger partial charge in [-0.15, -0.1) is 0 Å². The molecule has 76 valence electrons. The molecule has 0 aliphatic carbocycles. The van der Waals surface area contributed by atoms with E-state index < -0.39 is 5.82 Å². The van der Waals surface area contributed by atoms with Crippen molar-refractivity contribution in [3.05, 3.63) is 41.2 Å². The fourth-order valence-corrected chi connectivity index (χ4v) is 1.15. The molecule has 15 heavy (non-hydrogen) atoms. The van der Waals surface area contributed by atoms with Crippen molar-refractivity contribution in [3.8, 4) is 6.07 Å². The summed E-state index contributed by atoms with van der Waals surface area (Å²) in [5.41, 5.74) is 3.94. The largest absolute Gasteiger partial charge is 0.279 e. The fraction of sp³-hybridized carbons (Fsp3) is 0.0909. The van der Waals surface area contributed by atoms with Gasteiger partial charge in [0.25, 0.3) is 0 Å². The SMILES string of the molecule is C=NN/C(=C\C)c1ccc(C#N)c(F)c1. The van der Waals surface area contributed by atoms with Gasteiger partial charge in [-0.3, -0.25) is 5.43 Å². The third kappa shape index (κ3) is 2.41. The zero-order valence-electron chi connectivity index (χ0n) is 8.29. The molecule has 1 aromatic rings. The van der Waals surface area contributed by atoms with Crippen LogP contribution < -0.4 is 5.43 Å². The lowest BCUT2D eigenvalue weighted by atomic mass is 10.1. The molecule has 0 unspecified atom stereocenters. The van der Waals surface area contributed by atoms with E-state index in [1.165, 1.54) is 12.1 Å². The average molecular weight is 203 g/mol. The molecule has 4 heteroatoms. The fourth-order valence-electron chi connectivity index (χ4n) is 1.15. The Kier molecular flexibility index (Phi) is 3.58. The first kappa shape index (κ1) is 10.9. The van der Waals surface area contributed by atoms with Gasteiger partial charge in [0, 0.05) is 12.3 Å². The summed E-state index contributed by atoms with van der Waals surface area (Å²) in [6.07, 6.45) is 1.75. The second kappa shape index (κ2) is 4.91. The van der Waals surface area contributed by atoms with Crippen LogP contribution in [0.15, 0.2) is 29.4 Å². The van der Waals surface area contributed by atoms with Gasteiger partial charge >= 0.3 is 0 Å². The summed E-state index contributed by atoms with van der Waals surface area (Å²) in [5.74, 6) is -0.541. The summed E-state index contributed by atoms with van der Waals surface area (Å²) < 4.78 is 13.3. The van der Waals surface area contributed by atoms with Crippen molar-refractivity contribution in [2.75, 3.05) is 0 Å². The van der Waals surface area contributed by atoms with Crippen LogP contribution in [0.2, 0.25) is 0 Å². The number of nitriles is 1. The van der Waals surface area contributed by atoms with Gasteiger partial charge in [0.15, 0.2) is 0 Å². The first-order valence-electron chi connectivity index (χ1n) is 4.31. The van der Waals surface area contributed by atoms with Crippen LogP contribution in [-0.2, 0) is 0 Å². The Hall–Kier alpha value is -2.15. The van der Waals surface area contributed by atoms with Crippen LogP contribution in [0.3, 0.4) is 0 Å². The summed E-state index contributed by atoms with van der Waals surface area (Å²) in [5, 5.41) is 12.1. The third-order valence-corrected chi connectivity index (χ3v) is 1.89. The minimum atomic E-state index is -0.541. The van der Waals surface area contributed by atoms with Crippen molar-refractivity contribution in [2.24, 2.45) is 5.10 Å². The molecule has 0 fully saturated rings. The topological polar surface area (TPSA) is 48.2 Å². The summed E-state index contributed by atoms with van der Waals surface area (Å²) >= 11 is 0. The first-order valence-corrected chi connectivity index (χ1v) is 4.31. The number of nitrogens with zero attached hydrogens (tertiary/aromatic N) is 2. The van der Waals surface area contributed by atoms with Gasteiger partial charge in [-0.25, -0.2) is 4.39 Å². The van der Waals surface area contributed by atoms with E-state index in [2.05, 4.69) is 17.2 Å². The van der Waals surface area contributed by atoms with Crippen molar-refractivity contribution in [1.29, 1.82) is 5.26 Å². The van der Waals surface area contributed by atoms with Gasteiger partial charge in [-0.05, 0) is 19.1 Å². The highest BCUT2D eigenvalue weighted by atomic mass is 19.1. The lowest BCUT2D eigenvalue weighted by molar-refractivity contribution is 0.623. The van der Waals surface area contributed by atoms with E-state index in [1.807, 2.05) is 0 Å². The number of hydrazone groups is 1. The molecule has 0 heterocycles. The Balaban J connectivity index is 3.12. The standard InChI is InChI=1S/C11H10FN3/c1-3-11(15-14-2)8-4-5-9(7-13)10(12)6-8/h3-6,15H,2H2,1H3/b11-3-. The van der Waals surface area contributed by atoms with Crippen molar-refractivity contribution in [3.63, 3.8) is 0 Å². The second-order valence-electron chi connectivity index (χ2n) is 2.78. The lowest BCUT2D eigenvalue weighted by Crippen LogP contribution is -2.03. The summed E-state index contributed by atoms with van der Waals surface area (Å²) in [4.78, 5) is 0. The van der Waals surface area contributed by atoms with Crippen LogP contribution in [0.4, 0.5) is 4.39 Å². The van der Waals surface area contributed by atoms with E-state index in [0.29, 0.717) is 11.3 Å². The molecular formula is C11H10FN3. The van der Waals surface area contributed by atoms with E-state index >= 15 is 0 Å². The normalized spacial score (nSPS) is 10.6. The molecule has 0 aliphatic rings. The number of rotatable bonds is 3. The van der Waals surface area contributed by atoms with Crippen molar-refractivity contribution in [1.82, 2.24) is 5.43 Å². The molecule has 0 saturated carbocycles. The molecule has 0 radical (unpaired) electrons. The number of allylic oxidation sites excluding steroid dienone is 1. The van der Waals surface area contributed by atoms with Gasteiger partial charge in [-0.2, -0.15) is 10.4 Å². The monoisotopic (exact) mass is 203 g/mol. The molecule has 3 nitrogen and oxygen atoms in total. The van der Waals surface area contributed by atoms with Gasteiger partial charge in [0.2, 0.25) is 0 Å². The molecular weight excluding hydrogens is 193 g/mol. The van der Waals surface area contributed by atoms with Crippen molar-refractivity contribution in [2.45, 2.75) is 6.92 Å². The van der Waals surface area contributed by atoms with Crippen LogP contribution in [0, 0.1) is 17.1 Å². The molecule has 0 aromatic heterocycles. The molecule has 0 saturated heterocycles. The molecule has 0 bridgehead atoms. The minimum Gasteiger partial charge on any atom is -0.279 e. The van der Waals surface area contributed by atoms with Crippen LogP contribution in [0.25, 0.3) is 5.70 Å². The van der Waals surface area contributed by atoms with E-state index in [1.54, 1.807) is 25.1 Å². The Morgan fingerprint density at radius 1 is 1.67 bits per heavy atom. The number of benzene rings is 1. The predicted molar refractivity (Wildman–Crippen MR) is 57.5 cm³/mol. The highest BCUT2D eigenvalue weighted by Gasteiger charge is 2.05. The van der Waals surface area contributed by atoms with Crippen LogP contribution in [0.1, 0.15) is 18.1 Å². The van der Waals surface area contributed by atoms with E-state index in [4.69, 9.17) is 5.26 Å². The van der Waals surface area contributed by atoms with Gasteiger partial charge in [0.05, 0.1) is 11.3 Å². The zero-order valence-corrected chi connectivity index (χ0v) is 8.29. The van der Waals surface area contributed by atoms with Crippen molar-refractivity contribution < 1.29 is 4.39 Å². The second-order valence-corrected chi connectivity index (χ2v) is 2.78. The van der Waals surface area contributed by atoms with Gasteiger partial charge in [-0.1, -0.05) is 12.1 Å². The lowest BCUT2D eigenvalue weighted by Gasteiger charge is -2.06. The first-order chi connectivity index (χ1) is 7.22. The molecule has 0 aliphatic heterocycles.